The van der Waals surface area contributed by atoms with Crippen LogP contribution in [0.1, 0.15) is 12.5 Å². The summed E-state index contributed by atoms with van der Waals surface area (Å²) in [5.74, 6) is 0.773. The molecule has 1 saturated heterocycles. The Hall–Kier alpha value is -2.73. The number of thioether (sulfide) groups is 1. The van der Waals surface area contributed by atoms with Gasteiger partial charge in [0.05, 0.1) is 17.7 Å². The lowest BCUT2D eigenvalue weighted by molar-refractivity contribution is -0.122. The topological polar surface area (TPSA) is 45.1 Å². The Bertz CT molecular complexity index is 871. The maximum atomic E-state index is 12.7. The van der Waals surface area contributed by atoms with Gasteiger partial charge in [0.2, 0.25) is 0 Å². The first-order valence-electron chi connectivity index (χ1n) is 8.73. The molecular weight excluding hydrogens is 358 g/mol. The molecule has 0 spiro atoms. The van der Waals surface area contributed by atoms with Gasteiger partial charge in [-0.05, 0) is 66.7 Å². The number of methoxy groups -OCH3 is 1. The summed E-state index contributed by atoms with van der Waals surface area (Å²) >= 11 is 1.41. The minimum absolute atomic E-state index is 0.00792. The Balaban J connectivity index is 1.85. The number of hydrogen-bond donors (Lipinski definition) is 0. The Labute approximate surface area is 164 Å². The molecule has 27 heavy (non-hydrogen) atoms. The molecule has 0 aromatic heterocycles. The second-order valence-corrected chi connectivity index (χ2v) is 7.25. The van der Waals surface area contributed by atoms with Gasteiger partial charge in [0.25, 0.3) is 5.91 Å². The van der Waals surface area contributed by atoms with E-state index >= 15 is 0 Å². The fourth-order valence-corrected chi connectivity index (χ4v) is 3.72. The van der Waals surface area contributed by atoms with Crippen molar-refractivity contribution in [3.63, 3.8) is 0 Å². The number of ether oxygens (including phenoxy) is 1. The molecule has 0 bridgehead atoms. The molecule has 1 aliphatic heterocycles. The first kappa shape index (κ1) is 19.0. The molecular formula is C21H23N3O2S. The predicted octanol–water partition coefficient (Wildman–Crippen LogP) is 4.39. The lowest BCUT2D eigenvalue weighted by Crippen LogP contribution is -2.28. The standard InChI is InChI=1S/C21H23N3O2S/c1-5-24-20(25)19(14-15-6-10-17(11-7-15)23(2)3)27-21(24)22-16-8-12-18(26-4)13-9-16/h6-14H,5H2,1-4H3/b19-14+,22-21?. The molecule has 1 amide bonds. The molecule has 1 fully saturated rings. The maximum Gasteiger partial charge on any atom is 0.266 e. The van der Waals surface area contributed by atoms with Crippen LogP contribution < -0.4 is 9.64 Å². The smallest absolute Gasteiger partial charge is 0.266 e. The molecule has 2 aromatic rings. The van der Waals surface area contributed by atoms with E-state index in [1.807, 2.05) is 80.5 Å². The largest absolute Gasteiger partial charge is 0.497 e. The Morgan fingerprint density at radius 3 is 2.33 bits per heavy atom. The molecule has 1 aliphatic rings. The van der Waals surface area contributed by atoms with Crippen LogP contribution in [0.2, 0.25) is 0 Å². The summed E-state index contributed by atoms with van der Waals surface area (Å²) in [5, 5.41) is 0.698. The van der Waals surface area contributed by atoms with Crippen LogP contribution in [0.5, 0.6) is 5.75 Å². The predicted molar refractivity (Wildman–Crippen MR) is 114 cm³/mol. The second-order valence-electron chi connectivity index (χ2n) is 6.24. The number of anilines is 1. The zero-order chi connectivity index (χ0) is 19.4. The van der Waals surface area contributed by atoms with Gasteiger partial charge in [-0.1, -0.05) is 12.1 Å². The highest BCUT2D eigenvalue weighted by Gasteiger charge is 2.32. The molecule has 6 heteroatoms. The van der Waals surface area contributed by atoms with Crippen molar-refractivity contribution in [3.8, 4) is 5.75 Å². The lowest BCUT2D eigenvalue weighted by atomic mass is 10.2. The van der Waals surface area contributed by atoms with Crippen LogP contribution in [0.3, 0.4) is 0 Å². The second kappa shape index (κ2) is 8.31. The van der Waals surface area contributed by atoms with E-state index in [-0.39, 0.29) is 5.91 Å². The van der Waals surface area contributed by atoms with Crippen molar-refractivity contribution >= 4 is 40.3 Å². The van der Waals surface area contributed by atoms with E-state index in [0.717, 1.165) is 22.7 Å². The summed E-state index contributed by atoms with van der Waals surface area (Å²) in [6, 6.07) is 15.6. The van der Waals surface area contributed by atoms with E-state index < -0.39 is 0 Å². The molecule has 0 radical (unpaired) electrons. The van der Waals surface area contributed by atoms with Crippen molar-refractivity contribution in [2.45, 2.75) is 6.92 Å². The Kier molecular flexibility index (Phi) is 5.86. The van der Waals surface area contributed by atoms with Gasteiger partial charge in [0, 0.05) is 26.3 Å². The van der Waals surface area contributed by atoms with Crippen molar-refractivity contribution in [2.75, 3.05) is 32.6 Å². The monoisotopic (exact) mass is 381 g/mol. The van der Waals surface area contributed by atoms with Crippen molar-refractivity contribution in [1.82, 2.24) is 4.90 Å². The number of amidine groups is 1. The van der Waals surface area contributed by atoms with E-state index in [0.29, 0.717) is 16.6 Å². The molecule has 1 heterocycles. The zero-order valence-electron chi connectivity index (χ0n) is 16.0. The van der Waals surface area contributed by atoms with Gasteiger partial charge in [-0.25, -0.2) is 4.99 Å². The average Bonchev–Trinajstić information content (AvgIpc) is 2.97. The van der Waals surface area contributed by atoms with Crippen molar-refractivity contribution < 1.29 is 9.53 Å². The van der Waals surface area contributed by atoms with Gasteiger partial charge in [-0.2, -0.15) is 0 Å². The number of hydrogen-bond acceptors (Lipinski definition) is 5. The quantitative estimate of drug-likeness (QED) is 0.721. The van der Waals surface area contributed by atoms with Gasteiger partial charge in [0.15, 0.2) is 5.17 Å². The normalized spacial score (nSPS) is 17.0. The number of nitrogens with zero attached hydrogens (tertiary/aromatic N) is 3. The van der Waals surface area contributed by atoms with Crippen LogP contribution in [0.4, 0.5) is 11.4 Å². The molecule has 0 unspecified atom stereocenters. The first-order chi connectivity index (χ1) is 13.0. The summed E-state index contributed by atoms with van der Waals surface area (Å²) < 4.78 is 5.17. The molecule has 140 valence electrons. The van der Waals surface area contributed by atoms with Crippen molar-refractivity contribution in [2.24, 2.45) is 4.99 Å². The molecule has 5 nitrogen and oxygen atoms in total. The minimum Gasteiger partial charge on any atom is -0.497 e. The summed E-state index contributed by atoms with van der Waals surface area (Å²) in [4.78, 5) is 21.8. The van der Waals surface area contributed by atoms with Crippen LogP contribution in [0.15, 0.2) is 58.4 Å². The van der Waals surface area contributed by atoms with Gasteiger partial charge >= 0.3 is 0 Å². The van der Waals surface area contributed by atoms with Crippen LogP contribution >= 0.6 is 11.8 Å². The van der Waals surface area contributed by atoms with Crippen molar-refractivity contribution in [1.29, 1.82) is 0 Å². The molecule has 0 N–H and O–H groups in total. The summed E-state index contributed by atoms with van der Waals surface area (Å²) in [5.41, 5.74) is 2.92. The van der Waals surface area contributed by atoms with Gasteiger partial charge < -0.3 is 9.64 Å². The lowest BCUT2D eigenvalue weighted by Gasteiger charge is -2.12. The van der Waals surface area contributed by atoms with Crippen LogP contribution in [-0.2, 0) is 4.79 Å². The van der Waals surface area contributed by atoms with E-state index in [2.05, 4.69) is 4.99 Å². The molecule has 0 atom stereocenters. The van der Waals surface area contributed by atoms with Crippen LogP contribution in [-0.4, -0.2) is 43.7 Å². The third kappa shape index (κ3) is 4.34. The van der Waals surface area contributed by atoms with Gasteiger partial charge in [-0.3, -0.25) is 9.69 Å². The third-order valence-corrected chi connectivity index (χ3v) is 5.22. The number of amides is 1. The van der Waals surface area contributed by atoms with Gasteiger partial charge in [0.1, 0.15) is 5.75 Å². The fraction of sp³-hybridized carbons (Fsp3) is 0.238. The molecule has 3 rings (SSSR count). The van der Waals surface area contributed by atoms with E-state index in [4.69, 9.17) is 4.74 Å². The minimum atomic E-state index is -0.00792. The number of benzene rings is 2. The van der Waals surface area contributed by atoms with Crippen LogP contribution in [0.25, 0.3) is 6.08 Å². The van der Waals surface area contributed by atoms with E-state index in [1.54, 1.807) is 12.0 Å². The SMILES string of the molecule is CCN1C(=O)/C(=C\c2ccc(N(C)C)cc2)SC1=Nc1ccc(OC)cc1. The number of aliphatic imine (C=N–C) groups is 1. The highest BCUT2D eigenvalue weighted by molar-refractivity contribution is 8.18. The zero-order valence-corrected chi connectivity index (χ0v) is 16.8. The van der Waals surface area contributed by atoms with Gasteiger partial charge in [-0.15, -0.1) is 0 Å². The Morgan fingerprint density at radius 2 is 1.78 bits per heavy atom. The van der Waals surface area contributed by atoms with E-state index in [9.17, 15) is 4.79 Å². The highest BCUT2D eigenvalue weighted by atomic mass is 32.2. The summed E-state index contributed by atoms with van der Waals surface area (Å²) in [6.45, 7) is 2.54. The molecule has 2 aromatic carbocycles. The first-order valence-corrected chi connectivity index (χ1v) is 9.55. The van der Waals surface area contributed by atoms with E-state index in [1.165, 1.54) is 11.8 Å². The number of rotatable bonds is 5. The molecule has 0 aliphatic carbocycles. The molecule has 0 saturated carbocycles. The van der Waals surface area contributed by atoms with Crippen molar-refractivity contribution in [3.05, 3.63) is 59.0 Å². The summed E-state index contributed by atoms with van der Waals surface area (Å²) in [7, 11) is 5.64. The number of likely N-dealkylation sites (N-methyl/N-ethyl adjacent to an activating group) is 1. The third-order valence-electron chi connectivity index (χ3n) is 4.21. The van der Waals surface area contributed by atoms with Crippen LogP contribution in [0, 0.1) is 0 Å². The average molecular weight is 382 g/mol. The Morgan fingerprint density at radius 1 is 1.11 bits per heavy atom. The number of carbonyl (C=O) groups excluding carboxylic acids is 1. The number of carbonyl (C=O) groups is 1. The summed E-state index contributed by atoms with van der Waals surface area (Å²) in [6.07, 6.45) is 1.92. The fourth-order valence-electron chi connectivity index (χ4n) is 2.66. The highest BCUT2D eigenvalue weighted by Crippen LogP contribution is 2.34. The maximum absolute atomic E-state index is 12.7.